The lowest BCUT2D eigenvalue weighted by Gasteiger charge is -2.12. The number of anilines is 1. The van der Waals surface area contributed by atoms with Crippen LogP contribution in [0.3, 0.4) is 0 Å². The van der Waals surface area contributed by atoms with E-state index < -0.39 is 9.84 Å². The molecular weight excluding hydrogens is 222 g/mol. The molecule has 1 aromatic carbocycles. The van der Waals surface area contributed by atoms with E-state index in [0.29, 0.717) is 5.75 Å². The summed E-state index contributed by atoms with van der Waals surface area (Å²) in [5.41, 5.74) is 2.31. The quantitative estimate of drug-likeness (QED) is 0.875. The van der Waals surface area contributed by atoms with E-state index in [2.05, 4.69) is 24.4 Å². The number of aryl methyl sites for hydroxylation is 1. The van der Waals surface area contributed by atoms with Crippen LogP contribution < -0.4 is 5.32 Å². The van der Waals surface area contributed by atoms with Crippen LogP contribution >= 0.6 is 0 Å². The number of rotatable bonds is 3. The van der Waals surface area contributed by atoms with E-state index in [9.17, 15) is 8.42 Å². The van der Waals surface area contributed by atoms with Crippen LogP contribution in [-0.4, -0.2) is 26.0 Å². The van der Waals surface area contributed by atoms with Crippen LogP contribution in [0, 0.1) is 0 Å². The second-order valence-corrected chi connectivity index (χ2v) is 6.52. The Labute approximate surface area is 96.8 Å². The molecule has 1 heterocycles. The van der Waals surface area contributed by atoms with E-state index in [0.717, 1.165) is 18.5 Å². The zero-order valence-corrected chi connectivity index (χ0v) is 10.3. The molecule has 1 N–H and O–H groups in total. The fourth-order valence-corrected chi connectivity index (χ4v) is 3.65. The number of hydrogen-bond acceptors (Lipinski definition) is 3. The molecule has 0 radical (unpaired) electrons. The summed E-state index contributed by atoms with van der Waals surface area (Å²) >= 11 is 0. The monoisotopic (exact) mass is 239 g/mol. The zero-order valence-electron chi connectivity index (χ0n) is 9.44. The molecule has 0 amide bonds. The zero-order chi connectivity index (χ0) is 11.6. The predicted molar refractivity (Wildman–Crippen MR) is 66.5 cm³/mol. The first kappa shape index (κ1) is 11.5. The van der Waals surface area contributed by atoms with Gasteiger partial charge in [0, 0.05) is 11.7 Å². The second kappa shape index (κ2) is 4.45. The molecule has 1 aromatic rings. The highest BCUT2D eigenvalue weighted by Crippen LogP contribution is 2.18. The Kier molecular flexibility index (Phi) is 3.19. The van der Waals surface area contributed by atoms with E-state index in [-0.39, 0.29) is 11.8 Å². The van der Waals surface area contributed by atoms with E-state index in [1.165, 1.54) is 5.56 Å². The average Bonchev–Trinajstić information content (AvgIpc) is 2.59. The second-order valence-electron chi connectivity index (χ2n) is 4.29. The maximum atomic E-state index is 11.3. The Morgan fingerprint density at radius 1 is 1.31 bits per heavy atom. The summed E-state index contributed by atoms with van der Waals surface area (Å²) in [4.78, 5) is 0. The van der Waals surface area contributed by atoms with E-state index in [1.807, 2.05) is 12.1 Å². The van der Waals surface area contributed by atoms with Gasteiger partial charge in [-0.05, 0) is 30.5 Å². The van der Waals surface area contributed by atoms with Crippen molar-refractivity contribution in [1.82, 2.24) is 0 Å². The minimum absolute atomic E-state index is 0.0810. The van der Waals surface area contributed by atoms with Gasteiger partial charge in [0.1, 0.15) is 0 Å². The Bertz CT molecular complexity index is 450. The number of nitrogens with one attached hydrogen (secondary N) is 1. The smallest absolute Gasteiger partial charge is 0.152 e. The van der Waals surface area contributed by atoms with Gasteiger partial charge in [-0.1, -0.05) is 19.1 Å². The van der Waals surface area contributed by atoms with Crippen LogP contribution in [0.4, 0.5) is 5.69 Å². The average molecular weight is 239 g/mol. The molecule has 0 saturated carbocycles. The Morgan fingerprint density at radius 2 is 2.00 bits per heavy atom. The van der Waals surface area contributed by atoms with Gasteiger partial charge in [-0.3, -0.25) is 0 Å². The van der Waals surface area contributed by atoms with Gasteiger partial charge in [0.25, 0.3) is 0 Å². The first-order valence-electron chi connectivity index (χ1n) is 5.65. The van der Waals surface area contributed by atoms with Gasteiger partial charge in [0.15, 0.2) is 9.84 Å². The molecule has 16 heavy (non-hydrogen) atoms. The van der Waals surface area contributed by atoms with E-state index in [4.69, 9.17) is 0 Å². The minimum atomic E-state index is -2.79. The largest absolute Gasteiger partial charge is 0.381 e. The van der Waals surface area contributed by atoms with Crippen molar-refractivity contribution in [3.05, 3.63) is 29.8 Å². The van der Waals surface area contributed by atoms with Gasteiger partial charge >= 0.3 is 0 Å². The summed E-state index contributed by atoms with van der Waals surface area (Å²) in [5.74, 6) is 0.584. The van der Waals surface area contributed by atoms with Crippen LogP contribution in [0.2, 0.25) is 0 Å². The highest BCUT2D eigenvalue weighted by atomic mass is 32.2. The summed E-state index contributed by atoms with van der Waals surface area (Å²) in [6, 6.07) is 8.27. The molecule has 0 aliphatic carbocycles. The van der Waals surface area contributed by atoms with Crippen LogP contribution in [0.1, 0.15) is 18.9 Å². The molecular formula is C12H17NO2S. The summed E-state index contributed by atoms with van der Waals surface area (Å²) in [5, 5.41) is 3.27. The third kappa shape index (κ3) is 2.76. The molecule has 0 aromatic heterocycles. The van der Waals surface area contributed by atoms with Gasteiger partial charge < -0.3 is 5.32 Å². The van der Waals surface area contributed by atoms with Gasteiger partial charge in [0.05, 0.1) is 11.5 Å². The van der Waals surface area contributed by atoms with Gasteiger partial charge in [-0.15, -0.1) is 0 Å². The molecule has 1 aliphatic rings. The van der Waals surface area contributed by atoms with E-state index >= 15 is 0 Å². The van der Waals surface area contributed by atoms with Crippen molar-refractivity contribution in [2.75, 3.05) is 16.8 Å². The lowest BCUT2D eigenvalue weighted by atomic mass is 10.1. The van der Waals surface area contributed by atoms with E-state index in [1.54, 1.807) is 0 Å². The fraction of sp³-hybridized carbons (Fsp3) is 0.500. The van der Waals surface area contributed by atoms with Crippen molar-refractivity contribution < 1.29 is 8.42 Å². The molecule has 1 fully saturated rings. The van der Waals surface area contributed by atoms with Crippen molar-refractivity contribution in [2.45, 2.75) is 25.8 Å². The van der Waals surface area contributed by atoms with Crippen LogP contribution in [0.25, 0.3) is 0 Å². The van der Waals surface area contributed by atoms with Crippen LogP contribution in [0.15, 0.2) is 24.3 Å². The highest BCUT2D eigenvalue weighted by Gasteiger charge is 2.27. The van der Waals surface area contributed by atoms with Crippen LogP contribution in [-0.2, 0) is 16.3 Å². The first-order valence-corrected chi connectivity index (χ1v) is 7.47. The first-order chi connectivity index (χ1) is 7.59. The van der Waals surface area contributed by atoms with Crippen molar-refractivity contribution in [3.8, 4) is 0 Å². The molecule has 2 rings (SSSR count). The standard InChI is InChI=1S/C12H17NO2S/c1-2-10-3-5-11(6-4-10)13-12-7-8-16(14,15)9-12/h3-6,12-13H,2,7-9H2,1H3. The van der Waals surface area contributed by atoms with Gasteiger partial charge in [0.2, 0.25) is 0 Å². The molecule has 1 aliphatic heterocycles. The summed E-state index contributed by atoms with van der Waals surface area (Å²) in [6.07, 6.45) is 1.75. The SMILES string of the molecule is CCc1ccc(NC2CCS(=O)(=O)C2)cc1. The lowest BCUT2D eigenvalue weighted by Crippen LogP contribution is -2.20. The normalized spacial score (nSPS) is 23.2. The molecule has 1 saturated heterocycles. The van der Waals surface area contributed by atoms with Gasteiger partial charge in [-0.25, -0.2) is 8.42 Å². The minimum Gasteiger partial charge on any atom is -0.381 e. The topological polar surface area (TPSA) is 46.2 Å². The molecule has 1 atom stereocenters. The fourth-order valence-electron chi connectivity index (χ4n) is 1.98. The van der Waals surface area contributed by atoms with Gasteiger partial charge in [-0.2, -0.15) is 0 Å². The third-order valence-electron chi connectivity index (χ3n) is 2.97. The number of sulfone groups is 1. The van der Waals surface area contributed by atoms with Crippen molar-refractivity contribution in [3.63, 3.8) is 0 Å². The Hall–Kier alpha value is -1.03. The summed E-state index contributed by atoms with van der Waals surface area (Å²) < 4.78 is 22.6. The Morgan fingerprint density at radius 3 is 2.50 bits per heavy atom. The molecule has 0 spiro atoms. The Balaban J connectivity index is 1.99. The van der Waals surface area contributed by atoms with Crippen molar-refractivity contribution in [1.29, 1.82) is 0 Å². The molecule has 3 nitrogen and oxygen atoms in total. The predicted octanol–water partition coefficient (Wildman–Crippen LogP) is 1.85. The number of benzene rings is 1. The summed E-state index contributed by atoms with van der Waals surface area (Å²) in [6.45, 7) is 2.12. The maximum Gasteiger partial charge on any atom is 0.152 e. The lowest BCUT2D eigenvalue weighted by molar-refractivity contribution is 0.602. The molecule has 0 bridgehead atoms. The highest BCUT2D eigenvalue weighted by molar-refractivity contribution is 7.91. The molecule has 1 unspecified atom stereocenters. The van der Waals surface area contributed by atoms with Crippen LogP contribution in [0.5, 0.6) is 0 Å². The van der Waals surface area contributed by atoms with Crippen molar-refractivity contribution >= 4 is 15.5 Å². The molecule has 4 heteroatoms. The maximum absolute atomic E-state index is 11.3. The number of hydrogen-bond donors (Lipinski definition) is 1. The molecule has 88 valence electrons. The summed E-state index contributed by atoms with van der Waals surface area (Å²) in [7, 11) is -2.79. The van der Waals surface area contributed by atoms with Crippen molar-refractivity contribution in [2.24, 2.45) is 0 Å². The third-order valence-corrected chi connectivity index (χ3v) is 4.73.